The maximum absolute atomic E-state index is 12.8. The molecule has 2 aliphatic heterocycles. The number of urea groups is 1. The van der Waals surface area contributed by atoms with Crippen molar-refractivity contribution in [2.24, 2.45) is 0 Å². The Hall–Kier alpha value is -2.41. The van der Waals surface area contributed by atoms with Crippen LogP contribution in [0.1, 0.15) is 82.9 Å². The van der Waals surface area contributed by atoms with Gasteiger partial charge in [-0.3, -0.25) is 9.80 Å². The number of hydrogen-bond acceptors (Lipinski definition) is 4. The number of aryl methyl sites for hydroxylation is 1. The summed E-state index contributed by atoms with van der Waals surface area (Å²) in [4.78, 5) is 17.4. The first-order valence-electron chi connectivity index (χ1n) is 12.8. The molecule has 0 aliphatic carbocycles. The highest BCUT2D eigenvalue weighted by atomic mass is 16.2. The van der Waals surface area contributed by atoms with E-state index in [1.807, 2.05) is 35.2 Å². The molecule has 7 nitrogen and oxygen atoms in total. The van der Waals surface area contributed by atoms with E-state index in [1.165, 1.54) is 25.7 Å². The predicted molar refractivity (Wildman–Crippen MR) is 133 cm³/mol. The highest BCUT2D eigenvalue weighted by Gasteiger charge is 2.41. The number of nitrogens with one attached hydrogen (secondary N) is 1. The Morgan fingerprint density at radius 2 is 1.82 bits per heavy atom. The second-order valence-corrected chi connectivity index (χ2v) is 9.95. The molecule has 1 N–H and O–H groups in total. The van der Waals surface area contributed by atoms with E-state index < -0.39 is 0 Å². The number of anilines is 1. The molecule has 2 aliphatic rings. The fourth-order valence-electron chi connectivity index (χ4n) is 5.75. The Labute approximate surface area is 198 Å². The van der Waals surface area contributed by atoms with E-state index in [-0.39, 0.29) is 6.03 Å². The summed E-state index contributed by atoms with van der Waals surface area (Å²) in [6, 6.07) is 11.8. The number of aromatic nitrogens is 3. The summed E-state index contributed by atoms with van der Waals surface area (Å²) >= 11 is 0. The van der Waals surface area contributed by atoms with Crippen molar-refractivity contribution in [2.75, 3.05) is 24.5 Å². The molecule has 1 aromatic carbocycles. The van der Waals surface area contributed by atoms with Crippen molar-refractivity contribution in [1.29, 1.82) is 0 Å². The lowest BCUT2D eigenvalue weighted by atomic mass is 9.96. The van der Waals surface area contributed by atoms with Gasteiger partial charge in [0.15, 0.2) is 0 Å². The molecule has 2 fully saturated rings. The highest BCUT2D eigenvalue weighted by Crippen LogP contribution is 2.42. The quantitative estimate of drug-likeness (QED) is 0.588. The summed E-state index contributed by atoms with van der Waals surface area (Å²) < 4.78 is 2.42. The van der Waals surface area contributed by atoms with Crippen LogP contribution in [0.5, 0.6) is 0 Å². The predicted octanol–water partition coefficient (Wildman–Crippen LogP) is 4.89. The average molecular weight is 453 g/mol. The minimum absolute atomic E-state index is 0.00836. The zero-order chi connectivity index (χ0) is 23.4. The Bertz CT molecular complexity index is 897. The van der Waals surface area contributed by atoms with Gasteiger partial charge in [0.25, 0.3) is 0 Å². The van der Waals surface area contributed by atoms with Gasteiger partial charge in [0.05, 0.1) is 0 Å². The molecule has 2 atom stereocenters. The van der Waals surface area contributed by atoms with Crippen molar-refractivity contribution in [3.63, 3.8) is 0 Å². The van der Waals surface area contributed by atoms with Gasteiger partial charge in [0.2, 0.25) is 0 Å². The first-order chi connectivity index (χ1) is 16.0. The van der Waals surface area contributed by atoms with Crippen molar-refractivity contribution in [1.82, 2.24) is 25.0 Å². The van der Waals surface area contributed by atoms with Crippen LogP contribution in [0.4, 0.5) is 10.5 Å². The fourth-order valence-corrected chi connectivity index (χ4v) is 5.75. The van der Waals surface area contributed by atoms with Crippen LogP contribution in [0.2, 0.25) is 0 Å². The van der Waals surface area contributed by atoms with Gasteiger partial charge in [0, 0.05) is 49.4 Å². The van der Waals surface area contributed by atoms with Crippen LogP contribution in [-0.4, -0.2) is 57.4 Å². The minimum Gasteiger partial charge on any atom is -0.338 e. The molecule has 180 valence electrons. The standard InChI is InChI=1S/C26H40N6O/c1-5-14-27-26(33)31(21-10-7-6-8-11-21)16-9-15-30-22-12-13-23(30)18-24(17-22)32-20(4)28-29-25(32)19(2)3/h6-8,10-11,19,22-24H,5,9,12-18H2,1-4H3,(H,27,33)/t22-,23-/m1/s1. The Kier molecular flexibility index (Phi) is 7.68. The Balaban J connectivity index is 1.38. The van der Waals surface area contributed by atoms with Crippen LogP contribution >= 0.6 is 0 Å². The van der Waals surface area contributed by atoms with Crippen molar-refractivity contribution >= 4 is 11.7 Å². The van der Waals surface area contributed by atoms with Crippen LogP contribution in [0, 0.1) is 6.92 Å². The van der Waals surface area contributed by atoms with E-state index in [9.17, 15) is 4.79 Å². The van der Waals surface area contributed by atoms with Crippen molar-refractivity contribution < 1.29 is 4.79 Å². The van der Waals surface area contributed by atoms with Gasteiger partial charge in [-0.15, -0.1) is 10.2 Å². The van der Waals surface area contributed by atoms with E-state index in [4.69, 9.17) is 0 Å². The third kappa shape index (κ3) is 5.24. The molecule has 2 aromatic rings. The molecule has 2 saturated heterocycles. The molecule has 1 aromatic heterocycles. The zero-order valence-electron chi connectivity index (χ0n) is 20.7. The zero-order valence-corrected chi connectivity index (χ0v) is 20.7. The van der Waals surface area contributed by atoms with Gasteiger partial charge in [-0.2, -0.15) is 0 Å². The summed E-state index contributed by atoms with van der Waals surface area (Å²) in [6.07, 6.45) is 6.83. The molecular formula is C26H40N6O. The number of carbonyl (C=O) groups is 1. The van der Waals surface area contributed by atoms with E-state index in [2.05, 4.69) is 52.7 Å². The van der Waals surface area contributed by atoms with Gasteiger partial charge < -0.3 is 9.88 Å². The fraction of sp³-hybridized carbons (Fsp3) is 0.654. The SMILES string of the molecule is CCCNC(=O)N(CCCN1[C@@H]2CC[C@@H]1CC(n1c(C)nnc1C(C)C)C2)c1ccccc1. The molecule has 4 rings (SSSR count). The molecular weight excluding hydrogens is 412 g/mol. The topological polar surface area (TPSA) is 66.3 Å². The van der Waals surface area contributed by atoms with Gasteiger partial charge in [0.1, 0.15) is 11.6 Å². The van der Waals surface area contributed by atoms with E-state index in [1.54, 1.807) is 0 Å². The molecule has 0 unspecified atom stereocenters. The third-order valence-electron chi connectivity index (χ3n) is 7.27. The smallest absolute Gasteiger partial charge is 0.321 e. The van der Waals surface area contributed by atoms with Gasteiger partial charge in [-0.25, -0.2) is 4.79 Å². The number of benzene rings is 1. The van der Waals surface area contributed by atoms with E-state index in [0.29, 0.717) is 30.6 Å². The van der Waals surface area contributed by atoms with E-state index in [0.717, 1.165) is 43.3 Å². The number of fused-ring (bicyclic) bond motifs is 2. The number of hydrogen-bond donors (Lipinski definition) is 1. The summed E-state index contributed by atoms with van der Waals surface area (Å²) in [5, 5.41) is 11.9. The number of para-hydroxylation sites is 1. The normalized spacial score (nSPS) is 22.6. The van der Waals surface area contributed by atoms with Crippen molar-refractivity contribution in [3.8, 4) is 0 Å². The van der Waals surface area contributed by atoms with Crippen molar-refractivity contribution in [2.45, 2.75) is 90.3 Å². The maximum atomic E-state index is 12.8. The first-order valence-corrected chi connectivity index (χ1v) is 12.8. The van der Waals surface area contributed by atoms with E-state index >= 15 is 0 Å². The Morgan fingerprint density at radius 1 is 1.12 bits per heavy atom. The largest absolute Gasteiger partial charge is 0.338 e. The summed E-state index contributed by atoms with van der Waals surface area (Å²) in [5.74, 6) is 2.57. The second kappa shape index (κ2) is 10.7. The molecule has 3 heterocycles. The summed E-state index contributed by atoms with van der Waals surface area (Å²) in [7, 11) is 0. The van der Waals surface area contributed by atoms with Crippen LogP contribution in [0.15, 0.2) is 30.3 Å². The van der Waals surface area contributed by atoms with Gasteiger partial charge in [-0.05, 0) is 57.6 Å². The lowest BCUT2D eigenvalue weighted by Gasteiger charge is -2.40. The summed E-state index contributed by atoms with van der Waals surface area (Å²) in [5.41, 5.74) is 0.970. The average Bonchev–Trinajstić information content (AvgIpc) is 3.31. The second-order valence-electron chi connectivity index (χ2n) is 9.95. The number of amides is 2. The van der Waals surface area contributed by atoms with Gasteiger partial charge >= 0.3 is 6.03 Å². The molecule has 0 radical (unpaired) electrons. The number of nitrogens with zero attached hydrogens (tertiary/aromatic N) is 5. The first kappa shape index (κ1) is 23.7. The molecule has 0 saturated carbocycles. The third-order valence-corrected chi connectivity index (χ3v) is 7.27. The molecule has 2 amide bonds. The Morgan fingerprint density at radius 3 is 2.45 bits per heavy atom. The lowest BCUT2D eigenvalue weighted by Crippen LogP contribution is -2.46. The molecule has 7 heteroatoms. The molecule has 0 spiro atoms. The molecule has 2 bridgehead atoms. The number of carbonyl (C=O) groups excluding carboxylic acids is 1. The molecule has 33 heavy (non-hydrogen) atoms. The number of rotatable bonds is 9. The highest BCUT2D eigenvalue weighted by molar-refractivity contribution is 5.91. The lowest BCUT2D eigenvalue weighted by molar-refractivity contribution is 0.104. The van der Waals surface area contributed by atoms with Crippen molar-refractivity contribution in [3.05, 3.63) is 42.0 Å². The van der Waals surface area contributed by atoms with Crippen LogP contribution in [0.25, 0.3) is 0 Å². The maximum Gasteiger partial charge on any atom is 0.321 e. The number of piperidine rings is 1. The minimum atomic E-state index is 0.00836. The van der Waals surface area contributed by atoms with Crippen LogP contribution < -0.4 is 10.2 Å². The monoisotopic (exact) mass is 452 g/mol. The van der Waals surface area contributed by atoms with Crippen LogP contribution in [0.3, 0.4) is 0 Å². The van der Waals surface area contributed by atoms with Gasteiger partial charge in [-0.1, -0.05) is 39.0 Å². The summed E-state index contributed by atoms with van der Waals surface area (Å²) in [6.45, 7) is 11.1. The van der Waals surface area contributed by atoms with Crippen LogP contribution in [-0.2, 0) is 0 Å².